The van der Waals surface area contributed by atoms with E-state index in [4.69, 9.17) is 4.74 Å². The first-order valence-electron chi connectivity index (χ1n) is 7.91. The minimum absolute atomic E-state index is 0.499. The van der Waals surface area contributed by atoms with Gasteiger partial charge in [0, 0.05) is 13.2 Å². The van der Waals surface area contributed by atoms with Gasteiger partial charge in [-0.05, 0) is 29.8 Å². The number of hydrogen-bond acceptors (Lipinski definition) is 1. The third-order valence-corrected chi connectivity index (χ3v) is 10.7. The second kappa shape index (κ2) is 7.09. The summed E-state index contributed by atoms with van der Waals surface area (Å²) in [6.07, 6.45) is 8.55. The zero-order valence-corrected chi connectivity index (χ0v) is 14.3. The van der Waals surface area contributed by atoms with Gasteiger partial charge in [-0.2, -0.15) is 0 Å². The lowest BCUT2D eigenvalue weighted by Crippen LogP contribution is -2.38. The zero-order valence-electron chi connectivity index (χ0n) is 13.3. The van der Waals surface area contributed by atoms with Gasteiger partial charge in [0.25, 0.3) is 0 Å². The second-order valence-electron chi connectivity index (χ2n) is 7.82. The van der Waals surface area contributed by atoms with Crippen molar-refractivity contribution in [1.29, 1.82) is 0 Å². The van der Waals surface area contributed by atoms with E-state index in [1.807, 2.05) is 0 Å². The second-order valence-corrected chi connectivity index (χ2v) is 13.6. The molecule has 18 heavy (non-hydrogen) atoms. The third kappa shape index (κ3) is 5.44. The Morgan fingerprint density at radius 1 is 1.00 bits per heavy atom. The minimum Gasteiger partial charge on any atom is -0.381 e. The van der Waals surface area contributed by atoms with Crippen molar-refractivity contribution in [2.24, 2.45) is 5.92 Å². The lowest BCUT2D eigenvalue weighted by molar-refractivity contribution is 0.103. The van der Waals surface area contributed by atoms with Gasteiger partial charge in [0.05, 0.1) is 8.07 Å². The van der Waals surface area contributed by atoms with E-state index in [0.29, 0.717) is 5.04 Å². The number of ether oxygens (including phenoxy) is 1. The fourth-order valence-electron chi connectivity index (χ4n) is 2.48. The Labute approximate surface area is 116 Å². The van der Waals surface area contributed by atoms with Crippen molar-refractivity contribution in [3.8, 4) is 0 Å². The molecule has 0 atom stereocenters. The van der Waals surface area contributed by atoms with Crippen LogP contribution < -0.4 is 0 Å². The minimum atomic E-state index is -1.13. The van der Waals surface area contributed by atoms with Crippen LogP contribution >= 0.6 is 0 Å². The van der Waals surface area contributed by atoms with Crippen molar-refractivity contribution < 1.29 is 4.74 Å². The molecule has 0 N–H and O–H groups in total. The highest BCUT2D eigenvalue weighted by molar-refractivity contribution is 6.80. The lowest BCUT2D eigenvalue weighted by Gasteiger charge is -2.37. The first-order chi connectivity index (χ1) is 8.33. The van der Waals surface area contributed by atoms with Gasteiger partial charge in [-0.25, -0.2) is 0 Å². The molecule has 0 saturated heterocycles. The Morgan fingerprint density at radius 3 is 2.06 bits per heavy atom. The molecule has 0 aromatic heterocycles. The maximum atomic E-state index is 5.99. The molecule has 0 aliphatic heterocycles. The van der Waals surface area contributed by atoms with Crippen molar-refractivity contribution >= 4 is 8.07 Å². The van der Waals surface area contributed by atoms with Crippen molar-refractivity contribution in [3.05, 3.63) is 0 Å². The zero-order chi connectivity index (χ0) is 13.6. The Kier molecular flexibility index (Phi) is 6.39. The van der Waals surface area contributed by atoms with Gasteiger partial charge in [0.2, 0.25) is 0 Å². The average molecular weight is 271 g/mol. The van der Waals surface area contributed by atoms with Gasteiger partial charge in [0.15, 0.2) is 0 Å². The van der Waals surface area contributed by atoms with Gasteiger partial charge in [-0.15, -0.1) is 0 Å². The van der Waals surface area contributed by atoms with Crippen LogP contribution in [0, 0.1) is 5.92 Å². The van der Waals surface area contributed by atoms with E-state index in [9.17, 15) is 0 Å². The summed E-state index contributed by atoms with van der Waals surface area (Å²) in [6.45, 7) is 14.2. The molecule has 1 fully saturated rings. The van der Waals surface area contributed by atoms with Gasteiger partial charge in [-0.3, -0.25) is 0 Å². The van der Waals surface area contributed by atoms with Gasteiger partial charge >= 0.3 is 0 Å². The molecule has 0 spiro atoms. The molecule has 1 aliphatic carbocycles. The standard InChI is InChI=1S/C16H34OSi/c1-16(2,3)18(4,5)13-12-17-14-15-10-8-6-7-9-11-15/h15H,6-14H2,1-5H3. The highest BCUT2D eigenvalue weighted by atomic mass is 28.3. The van der Waals surface area contributed by atoms with Crippen molar-refractivity contribution in [2.45, 2.75) is 83.5 Å². The molecule has 0 aromatic carbocycles. The van der Waals surface area contributed by atoms with Gasteiger partial charge in [0.1, 0.15) is 0 Å². The Morgan fingerprint density at radius 2 is 1.56 bits per heavy atom. The molecule has 0 unspecified atom stereocenters. The fourth-order valence-corrected chi connectivity index (χ4v) is 3.89. The summed E-state index contributed by atoms with van der Waals surface area (Å²) in [4.78, 5) is 0. The van der Waals surface area contributed by atoms with E-state index >= 15 is 0 Å². The average Bonchev–Trinajstić information content (AvgIpc) is 2.51. The van der Waals surface area contributed by atoms with Crippen LogP contribution in [0.1, 0.15) is 59.3 Å². The summed E-state index contributed by atoms with van der Waals surface area (Å²) >= 11 is 0. The van der Waals surface area contributed by atoms with Crippen LogP contribution in [0.2, 0.25) is 24.2 Å². The highest BCUT2D eigenvalue weighted by Gasteiger charge is 2.34. The molecule has 1 rings (SSSR count). The topological polar surface area (TPSA) is 9.23 Å². The molecule has 0 aromatic rings. The largest absolute Gasteiger partial charge is 0.381 e. The van der Waals surface area contributed by atoms with Crippen molar-refractivity contribution in [2.75, 3.05) is 13.2 Å². The summed E-state index contributed by atoms with van der Waals surface area (Å²) < 4.78 is 5.99. The summed E-state index contributed by atoms with van der Waals surface area (Å²) in [5, 5.41) is 0.499. The molecule has 0 radical (unpaired) electrons. The Bertz CT molecular complexity index is 222. The first kappa shape index (κ1) is 16.2. The van der Waals surface area contributed by atoms with E-state index in [2.05, 4.69) is 33.9 Å². The van der Waals surface area contributed by atoms with E-state index in [-0.39, 0.29) is 0 Å². The van der Waals surface area contributed by atoms with E-state index in [1.54, 1.807) is 0 Å². The molecule has 108 valence electrons. The normalized spacial score (nSPS) is 19.8. The van der Waals surface area contributed by atoms with Crippen LogP contribution in [0.25, 0.3) is 0 Å². The van der Waals surface area contributed by atoms with Crippen LogP contribution in [-0.2, 0) is 4.74 Å². The molecule has 0 amide bonds. The van der Waals surface area contributed by atoms with E-state index < -0.39 is 8.07 Å². The molecule has 0 bridgehead atoms. The smallest absolute Gasteiger partial charge is 0.0550 e. The Hall–Kier alpha value is 0.177. The summed E-state index contributed by atoms with van der Waals surface area (Å²) in [5.74, 6) is 0.854. The van der Waals surface area contributed by atoms with Crippen molar-refractivity contribution in [3.63, 3.8) is 0 Å². The monoisotopic (exact) mass is 270 g/mol. The summed E-state index contributed by atoms with van der Waals surface area (Å²) in [7, 11) is -1.13. The van der Waals surface area contributed by atoms with Crippen LogP contribution in [-0.4, -0.2) is 21.3 Å². The predicted molar refractivity (Wildman–Crippen MR) is 84.0 cm³/mol. The Balaban J connectivity index is 2.18. The van der Waals surface area contributed by atoms with Crippen molar-refractivity contribution in [1.82, 2.24) is 0 Å². The van der Waals surface area contributed by atoms with E-state index in [1.165, 1.54) is 44.6 Å². The molecule has 1 nitrogen and oxygen atoms in total. The van der Waals surface area contributed by atoms with Crippen LogP contribution in [0.3, 0.4) is 0 Å². The van der Waals surface area contributed by atoms with Crippen LogP contribution in [0.4, 0.5) is 0 Å². The number of rotatable bonds is 5. The molecule has 1 aliphatic rings. The lowest BCUT2D eigenvalue weighted by atomic mass is 10.0. The molecular weight excluding hydrogens is 236 g/mol. The van der Waals surface area contributed by atoms with Crippen LogP contribution in [0.5, 0.6) is 0 Å². The van der Waals surface area contributed by atoms with Gasteiger partial charge in [-0.1, -0.05) is 59.5 Å². The highest BCUT2D eigenvalue weighted by Crippen LogP contribution is 2.38. The first-order valence-corrected chi connectivity index (χ1v) is 11.1. The maximum absolute atomic E-state index is 5.99. The summed E-state index contributed by atoms with van der Waals surface area (Å²) in [5.41, 5.74) is 0. The summed E-state index contributed by atoms with van der Waals surface area (Å²) in [6, 6.07) is 1.31. The van der Waals surface area contributed by atoms with E-state index in [0.717, 1.165) is 19.1 Å². The molecule has 0 heterocycles. The molecule has 2 heteroatoms. The SMILES string of the molecule is CC(C)(C)[Si](C)(C)CCOCC1CCCCCC1. The third-order valence-electron chi connectivity index (χ3n) is 5.23. The molecule has 1 saturated carbocycles. The van der Waals surface area contributed by atoms with Crippen LogP contribution in [0.15, 0.2) is 0 Å². The van der Waals surface area contributed by atoms with Gasteiger partial charge < -0.3 is 4.74 Å². The quantitative estimate of drug-likeness (QED) is 0.365. The maximum Gasteiger partial charge on any atom is 0.0550 e. The number of hydrogen-bond donors (Lipinski definition) is 0. The predicted octanol–water partition coefficient (Wildman–Crippen LogP) is 5.48. The fraction of sp³-hybridized carbons (Fsp3) is 1.00. The molecular formula is C16H34OSi.